The Hall–Kier alpha value is -3.09. The molecule has 1 aromatic carbocycles. The smallest absolute Gasteiger partial charge is 0.325 e. The van der Waals surface area contributed by atoms with Crippen LogP contribution in [0.1, 0.15) is 24.2 Å². The maximum Gasteiger partial charge on any atom is 0.325 e. The third kappa shape index (κ3) is 4.50. The van der Waals surface area contributed by atoms with Crippen molar-refractivity contribution in [2.45, 2.75) is 31.8 Å². The van der Waals surface area contributed by atoms with Gasteiger partial charge in [0.05, 0.1) is 12.8 Å². The number of benzene rings is 1. The van der Waals surface area contributed by atoms with Crippen LogP contribution in [0.5, 0.6) is 0 Å². The van der Waals surface area contributed by atoms with Crippen LogP contribution in [0.3, 0.4) is 0 Å². The van der Waals surface area contributed by atoms with E-state index in [0.29, 0.717) is 12.3 Å². The van der Waals surface area contributed by atoms with Crippen molar-refractivity contribution in [2.24, 2.45) is 0 Å². The van der Waals surface area contributed by atoms with Crippen LogP contribution in [0.4, 0.5) is 4.79 Å². The molecule has 4 amide bonds. The standard InChI is InChI=1S/C19H21N3O4/c23-17(20-11-10-14-5-2-1-3-6-14)9-8-16-18(24)22(19(25)21-16)13-15-7-4-12-26-15/h1-7,12,16H,8-11,13H2,(H,20,23)(H,21,25)/t16-/m1/s1. The van der Waals surface area contributed by atoms with Gasteiger partial charge < -0.3 is 15.1 Å². The molecular weight excluding hydrogens is 334 g/mol. The van der Waals surface area contributed by atoms with Gasteiger partial charge in [0.25, 0.3) is 5.91 Å². The Balaban J connectivity index is 1.40. The number of nitrogens with zero attached hydrogens (tertiary/aromatic N) is 1. The average Bonchev–Trinajstić information content (AvgIpc) is 3.25. The van der Waals surface area contributed by atoms with E-state index in [1.54, 1.807) is 12.1 Å². The monoisotopic (exact) mass is 355 g/mol. The molecule has 1 fully saturated rings. The Labute approximate surface area is 151 Å². The lowest BCUT2D eigenvalue weighted by atomic mass is 10.1. The third-order valence-corrected chi connectivity index (χ3v) is 4.24. The van der Waals surface area contributed by atoms with Gasteiger partial charge in [0.1, 0.15) is 11.8 Å². The molecule has 0 radical (unpaired) electrons. The fourth-order valence-electron chi connectivity index (χ4n) is 2.84. The van der Waals surface area contributed by atoms with Crippen molar-refractivity contribution >= 4 is 17.8 Å². The summed E-state index contributed by atoms with van der Waals surface area (Å²) in [6, 6.07) is 12.2. The number of hydrogen-bond acceptors (Lipinski definition) is 4. The van der Waals surface area contributed by atoms with Crippen LogP contribution in [0.15, 0.2) is 53.1 Å². The molecule has 1 aliphatic heterocycles. The topological polar surface area (TPSA) is 91.7 Å². The highest BCUT2D eigenvalue weighted by Crippen LogP contribution is 2.15. The van der Waals surface area contributed by atoms with Crippen LogP contribution >= 0.6 is 0 Å². The van der Waals surface area contributed by atoms with Crippen molar-refractivity contribution in [1.29, 1.82) is 0 Å². The number of furan rings is 1. The molecule has 1 saturated heterocycles. The van der Waals surface area contributed by atoms with E-state index in [0.717, 1.165) is 16.9 Å². The zero-order valence-electron chi connectivity index (χ0n) is 14.3. The second kappa shape index (κ2) is 8.33. The van der Waals surface area contributed by atoms with Gasteiger partial charge in [0.15, 0.2) is 0 Å². The van der Waals surface area contributed by atoms with E-state index in [4.69, 9.17) is 4.42 Å². The minimum atomic E-state index is -0.669. The molecule has 2 heterocycles. The first-order valence-corrected chi connectivity index (χ1v) is 8.58. The van der Waals surface area contributed by atoms with Gasteiger partial charge in [0.2, 0.25) is 5.91 Å². The van der Waals surface area contributed by atoms with Crippen LogP contribution in [-0.4, -0.2) is 35.3 Å². The first-order chi connectivity index (χ1) is 12.6. The van der Waals surface area contributed by atoms with Crippen LogP contribution in [0.2, 0.25) is 0 Å². The highest BCUT2D eigenvalue weighted by Gasteiger charge is 2.38. The van der Waals surface area contributed by atoms with Gasteiger partial charge in [-0.05, 0) is 30.5 Å². The number of imide groups is 1. The molecule has 0 unspecified atom stereocenters. The van der Waals surface area contributed by atoms with Gasteiger partial charge >= 0.3 is 6.03 Å². The zero-order valence-corrected chi connectivity index (χ0v) is 14.3. The maximum absolute atomic E-state index is 12.3. The van der Waals surface area contributed by atoms with Crippen LogP contribution in [-0.2, 0) is 22.6 Å². The third-order valence-electron chi connectivity index (χ3n) is 4.24. The van der Waals surface area contributed by atoms with E-state index in [2.05, 4.69) is 10.6 Å². The molecule has 0 saturated carbocycles. The average molecular weight is 355 g/mol. The predicted molar refractivity (Wildman–Crippen MR) is 94.0 cm³/mol. The number of rotatable bonds is 8. The van der Waals surface area contributed by atoms with Crippen molar-refractivity contribution in [3.8, 4) is 0 Å². The number of carbonyl (C=O) groups is 3. The Morgan fingerprint density at radius 2 is 1.96 bits per heavy atom. The molecule has 2 aromatic rings. The Kier molecular flexibility index (Phi) is 5.68. The molecule has 1 aromatic heterocycles. The quantitative estimate of drug-likeness (QED) is 0.707. The molecule has 7 nitrogen and oxygen atoms in total. The summed E-state index contributed by atoms with van der Waals surface area (Å²) >= 11 is 0. The van der Waals surface area contributed by atoms with E-state index in [9.17, 15) is 14.4 Å². The lowest BCUT2D eigenvalue weighted by Crippen LogP contribution is -2.33. The molecule has 0 bridgehead atoms. The SMILES string of the molecule is O=C(CC[C@H]1NC(=O)N(Cc2ccco2)C1=O)NCCc1ccccc1. The van der Waals surface area contributed by atoms with Crippen molar-refractivity contribution in [1.82, 2.24) is 15.5 Å². The predicted octanol–water partition coefficient (Wildman–Crippen LogP) is 1.84. The number of hydrogen-bond donors (Lipinski definition) is 2. The summed E-state index contributed by atoms with van der Waals surface area (Å²) in [6.07, 6.45) is 2.70. The Morgan fingerprint density at radius 3 is 2.69 bits per heavy atom. The molecule has 0 aliphatic carbocycles. The normalized spacial score (nSPS) is 16.6. The summed E-state index contributed by atoms with van der Waals surface area (Å²) in [4.78, 5) is 37.3. The fraction of sp³-hybridized carbons (Fsp3) is 0.316. The fourth-order valence-corrected chi connectivity index (χ4v) is 2.84. The summed E-state index contributed by atoms with van der Waals surface area (Å²) in [5.74, 6) is 0.0729. The number of nitrogens with one attached hydrogen (secondary N) is 2. The van der Waals surface area contributed by atoms with Crippen LogP contribution in [0.25, 0.3) is 0 Å². The maximum atomic E-state index is 12.3. The van der Waals surface area contributed by atoms with Crippen molar-refractivity contribution < 1.29 is 18.8 Å². The molecule has 1 atom stereocenters. The highest BCUT2D eigenvalue weighted by molar-refractivity contribution is 6.04. The van der Waals surface area contributed by atoms with Crippen molar-refractivity contribution in [3.05, 3.63) is 60.1 Å². The van der Waals surface area contributed by atoms with Gasteiger partial charge in [-0.25, -0.2) is 4.79 Å². The highest BCUT2D eigenvalue weighted by atomic mass is 16.3. The van der Waals surface area contributed by atoms with E-state index < -0.39 is 12.1 Å². The van der Waals surface area contributed by atoms with E-state index in [-0.39, 0.29) is 31.2 Å². The molecule has 2 N–H and O–H groups in total. The second-order valence-electron chi connectivity index (χ2n) is 6.13. The summed E-state index contributed by atoms with van der Waals surface area (Å²) < 4.78 is 5.17. The van der Waals surface area contributed by atoms with Crippen LogP contribution in [0, 0.1) is 0 Å². The Morgan fingerprint density at radius 1 is 1.15 bits per heavy atom. The van der Waals surface area contributed by atoms with Gasteiger partial charge in [-0.2, -0.15) is 0 Å². The first kappa shape index (κ1) is 17.7. The van der Waals surface area contributed by atoms with E-state index in [1.165, 1.54) is 6.26 Å². The van der Waals surface area contributed by atoms with Gasteiger partial charge in [-0.3, -0.25) is 14.5 Å². The Bertz CT molecular complexity index is 758. The van der Waals surface area contributed by atoms with Crippen molar-refractivity contribution in [3.63, 3.8) is 0 Å². The summed E-state index contributed by atoms with van der Waals surface area (Å²) in [7, 11) is 0. The molecule has 0 spiro atoms. The first-order valence-electron chi connectivity index (χ1n) is 8.58. The molecule has 7 heteroatoms. The zero-order chi connectivity index (χ0) is 18.4. The number of carbonyl (C=O) groups excluding carboxylic acids is 3. The molecule has 136 valence electrons. The van der Waals surface area contributed by atoms with Gasteiger partial charge in [0, 0.05) is 13.0 Å². The molecule has 3 rings (SSSR count). The minimum Gasteiger partial charge on any atom is -0.467 e. The van der Waals surface area contributed by atoms with E-state index >= 15 is 0 Å². The van der Waals surface area contributed by atoms with Gasteiger partial charge in [-0.15, -0.1) is 0 Å². The lowest BCUT2D eigenvalue weighted by molar-refractivity contribution is -0.128. The van der Waals surface area contributed by atoms with E-state index in [1.807, 2.05) is 30.3 Å². The second-order valence-corrected chi connectivity index (χ2v) is 6.13. The number of urea groups is 1. The number of amides is 4. The molecule has 1 aliphatic rings. The van der Waals surface area contributed by atoms with Gasteiger partial charge in [-0.1, -0.05) is 30.3 Å². The largest absolute Gasteiger partial charge is 0.467 e. The summed E-state index contributed by atoms with van der Waals surface area (Å²) in [5, 5.41) is 5.46. The summed E-state index contributed by atoms with van der Waals surface area (Å²) in [6.45, 7) is 0.635. The lowest BCUT2D eigenvalue weighted by Gasteiger charge is -2.11. The van der Waals surface area contributed by atoms with Crippen LogP contribution < -0.4 is 10.6 Å². The summed E-state index contributed by atoms with van der Waals surface area (Å²) in [5.41, 5.74) is 1.15. The molecule has 26 heavy (non-hydrogen) atoms. The molecular formula is C19H21N3O4. The minimum absolute atomic E-state index is 0.0947. The van der Waals surface area contributed by atoms with Crippen molar-refractivity contribution in [2.75, 3.05) is 6.54 Å².